The van der Waals surface area contributed by atoms with Crippen LogP contribution in [0.4, 0.5) is 8.78 Å². The van der Waals surface area contributed by atoms with Crippen molar-refractivity contribution < 1.29 is 23.2 Å². The molecule has 0 radical (unpaired) electrons. The predicted molar refractivity (Wildman–Crippen MR) is 104 cm³/mol. The number of carbonyl (C=O) groups is 3. The fourth-order valence-corrected chi connectivity index (χ4v) is 3.26. The zero-order valence-electron chi connectivity index (χ0n) is 15.5. The average molecular weight is 421 g/mol. The van der Waals surface area contributed by atoms with Crippen LogP contribution in [0.3, 0.4) is 0 Å². The lowest BCUT2D eigenvalue weighted by Gasteiger charge is -2.35. The Morgan fingerprint density at radius 2 is 1.38 bits per heavy atom. The number of hydrogen-bond donors (Lipinski definition) is 0. The van der Waals surface area contributed by atoms with Crippen LogP contribution >= 0.6 is 11.6 Å². The van der Waals surface area contributed by atoms with Crippen molar-refractivity contribution >= 4 is 29.2 Å². The Hall–Kier alpha value is -2.80. The first-order valence-corrected chi connectivity index (χ1v) is 9.54. The van der Waals surface area contributed by atoms with Gasteiger partial charge in [-0.15, -0.1) is 0 Å². The molecule has 2 aromatic carbocycles. The van der Waals surface area contributed by atoms with Crippen LogP contribution in [-0.2, 0) is 4.79 Å². The van der Waals surface area contributed by atoms with Gasteiger partial charge in [0.25, 0.3) is 5.91 Å². The van der Waals surface area contributed by atoms with Gasteiger partial charge in [-0.3, -0.25) is 14.4 Å². The third-order valence-corrected chi connectivity index (χ3v) is 5.07. The number of ketones is 1. The first-order chi connectivity index (χ1) is 13.8. The van der Waals surface area contributed by atoms with E-state index in [9.17, 15) is 23.2 Å². The van der Waals surface area contributed by atoms with Crippen molar-refractivity contribution in [2.75, 3.05) is 26.2 Å². The van der Waals surface area contributed by atoms with Crippen molar-refractivity contribution in [1.29, 1.82) is 0 Å². The predicted octanol–water partition coefficient (Wildman–Crippen LogP) is 3.57. The van der Waals surface area contributed by atoms with Gasteiger partial charge in [-0.2, -0.15) is 0 Å². The van der Waals surface area contributed by atoms with Crippen molar-refractivity contribution in [1.82, 2.24) is 9.80 Å². The van der Waals surface area contributed by atoms with Gasteiger partial charge in [0.1, 0.15) is 0 Å². The minimum atomic E-state index is -1.07. The molecule has 0 spiro atoms. The summed E-state index contributed by atoms with van der Waals surface area (Å²) in [5.41, 5.74) is 0.571. The number of halogens is 3. The molecule has 152 valence electrons. The summed E-state index contributed by atoms with van der Waals surface area (Å²) in [7, 11) is 0. The quantitative estimate of drug-likeness (QED) is 0.695. The monoisotopic (exact) mass is 420 g/mol. The Morgan fingerprint density at radius 3 is 2.00 bits per heavy atom. The zero-order valence-corrected chi connectivity index (χ0v) is 16.3. The van der Waals surface area contributed by atoms with Gasteiger partial charge in [-0.25, -0.2) is 8.78 Å². The van der Waals surface area contributed by atoms with Crippen molar-refractivity contribution in [3.63, 3.8) is 0 Å². The minimum absolute atomic E-state index is 0.0669. The van der Waals surface area contributed by atoms with Crippen LogP contribution in [0.2, 0.25) is 5.02 Å². The highest BCUT2D eigenvalue weighted by Gasteiger charge is 2.25. The number of Topliss-reactive ketones (excluding diaryl/α,β-unsaturated/α-hetero) is 1. The average Bonchev–Trinajstić information content (AvgIpc) is 2.74. The standard InChI is InChI=1S/C21H19ClF2N2O3/c22-16-4-1-14(2-5-16)19(27)7-8-20(28)25-9-11-26(12-10-25)21(29)15-3-6-17(23)18(24)13-15/h1-6,13H,7-12H2. The lowest BCUT2D eigenvalue weighted by Crippen LogP contribution is -2.50. The molecule has 29 heavy (non-hydrogen) atoms. The van der Waals surface area contributed by atoms with Crippen LogP contribution < -0.4 is 0 Å². The van der Waals surface area contributed by atoms with Crippen LogP contribution in [0.15, 0.2) is 42.5 Å². The van der Waals surface area contributed by atoms with Crippen LogP contribution in [0.1, 0.15) is 33.6 Å². The molecule has 0 bridgehead atoms. The summed E-state index contributed by atoms with van der Waals surface area (Å²) >= 11 is 5.80. The molecule has 2 amide bonds. The van der Waals surface area contributed by atoms with Crippen LogP contribution in [-0.4, -0.2) is 53.6 Å². The van der Waals surface area contributed by atoms with Crippen LogP contribution in [0, 0.1) is 11.6 Å². The van der Waals surface area contributed by atoms with Crippen LogP contribution in [0.5, 0.6) is 0 Å². The highest BCUT2D eigenvalue weighted by molar-refractivity contribution is 6.30. The van der Waals surface area contributed by atoms with E-state index >= 15 is 0 Å². The second-order valence-corrected chi connectivity index (χ2v) is 7.17. The summed E-state index contributed by atoms with van der Waals surface area (Å²) in [6, 6.07) is 9.52. The van der Waals surface area contributed by atoms with Gasteiger partial charge in [-0.1, -0.05) is 11.6 Å². The molecule has 1 aliphatic rings. The molecule has 5 nitrogen and oxygen atoms in total. The fourth-order valence-electron chi connectivity index (χ4n) is 3.13. The Bertz CT molecular complexity index is 926. The molecular weight excluding hydrogens is 402 g/mol. The van der Waals surface area contributed by atoms with Gasteiger partial charge in [0.05, 0.1) is 0 Å². The Kier molecular flexibility index (Phi) is 6.59. The topological polar surface area (TPSA) is 57.7 Å². The van der Waals surface area contributed by atoms with E-state index in [1.165, 1.54) is 11.0 Å². The maximum absolute atomic E-state index is 13.3. The highest BCUT2D eigenvalue weighted by atomic mass is 35.5. The molecule has 2 aromatic rings. The zero-order chi connectivity index (χ0) is 21.0. The lowest BCUT2D eigenvalue weighted by molar-refractivity contribution is -0.132. The molecule has 0 unspecified atom stereocenters. The molecule has 0 atom stereocenters. The molecule has 1 saturated heterocycles. The van der Waals surface area contributed by atoms with Gasteiger partial charge in [-0.05, 0) is 42.5 Å². The second-order valence-electron chi connectivity index (χ2n) is 6.73. The maximum Gasteiger partial charge on any atom is 0.254 e. The molecular formula is C21H19ClF2N2O3. The van der Waals surface area contributed by atoms with Crippen molar-refractivity contribution in [3.8, 4) is 0 Å². The Morgan fingerprint density at radius 1 is 0.793 bits per heavy atom. The summed E-state index contributed by atoms with van der Waals surface area (Å²) in [5, 5.41) is 0.536. The van der Waals surface area contributed by atoms with E-state index in [1.807, 2.05) is 0 Å². The Balaban J connectivity index is 1.48. The summed E-state index contributed by atoms with van der Waals surface area (Å²) in [6.07, 6.45) is 0.174. The number of nitrogens with zero attached hydrogens (tertiary/aromatic N) is 2. The number of rotatable bonds is 5. The van der Waals surface area contributed by atoms with Gasteiger partial charge in [0.2, 0.25) is 5.91 Å². The summed E-state index contributed by atoms with van der Waals surface area (Å²) < 4.78 is 26.4. The number of carbonyl (C=O) groups excluding carboxylic acids is 3. The van der Waals surface area contributed by atoms with Gasteiger partial charge in [0, 0.05) is 55.2 Å². The number of hydrogen-bond acceptors (Lipinski definition) is 3. The van der Waals surface area contributed by atoms with E-state index in [1.54, 1.807) is 29.2 Å². The molecule has 3 rings (SSSR count). The van der Waals surface area contributed by atoms with Crippen molar-refractivity contribution in [3.05, 3.63) is 70.2 Å². The van der Waals surface area contributed by atoms with Crippen LogP contribution in [0.25, 0.3) is 0 Å². The largest absolute Gasteiger partial charge is 0.339 e. The summed E-state index contributed by atoms with van der Waals surface area (Å²) in [4.78, 5) is 40.1. The second kappa shape index (κ2) is 9.13. The molecule has 0 N–H and O–H groups in total. The minimum Gasteiger partial charge on any atom is -0.339 e. The van der Waals surface area contributed by atoms with Gasteiger partial charge in [0.15, 0.2) is 17.4 Å². The lowest BCUT2D eigenvalue weighted by atomic mass is 10.1. The first kappa shape index (κ1) is 20.9. The third kappa shape index (κ3) is 5.17. The first-order valence-electron chi connectivity index (χ1n) is 9.16. The van der Waals surface area contributed by atoms with Gasteiger partial charge < -0.3 is 9.80 Å². The fraction of sp³-hybridized carbons (Fsp3) is 0.286. The molecule has 1 fully saturated rings. The summed E-state index contributed by atoms with van der Waals surface area (Å²) in [6.45, 7) is 1.22. The van der Waals surface area contributed by atoms with Crippen molar-refractivity contribution in [2.45, 2.75) is 12.8 Å². The van der Waals surface area contributed by atoms with E-state index in [0.29, 0.717) is 23.7 Å². The molecule has 8 heteroatoms. The van der Waals surface area contributed by atoms with E-state index in [-0.39, 0.29) is 43.2 Å². The molecule has 0 aliphatic carbocycles. The molecule has 0 saturated carbocycles. The third-order valence-electron chi connectivity index (χ3n) is 4.82. The van der Waals surface area contributed by atoms with Crippen molar-refractivity contribution in [2.24, 2.45) is 0 Å². The number of benzene rings is 2. The Labute approximate surface area is 171 Å². The highest BCUT2D eigenvalue weighted by Crippen LogP contribution is 2.15. The molecule has 1 aliphatic heterocycles. The smallest absolute Gasteiger partial charge is 0.254 e. The summed E-state index contributed by atoms with van der Waals surface area (Å²) in [5.74, 6) is -2.79. The molecule has 0 aromatic heterocycles. The van der Waals surface area contributed by atoms with E-state index in [2.05, 4.69) is 0 Å². The maximum atomic E-state index is 13.3. The van der Waals surface area contributed by atoms with Gasteiger partial charge >= 0.3 is 0 Å². The number of piperazine rings is 1. The number of amides is 2. The van der Waals surface area contributed by atoms with E-state index in [4.69, 9.17) is 11.6 Å². The van der Waals surface area contributed by atoms with E-state index < -0.39 is 17.5 Å². The molecule has 1 heterocycles. The normalized spacial score (nSPS) is 14.0. The van der Waals surface area contributed by atoms with E-state index in [0.717, 1.165) is 12.1 Å². The SMILES string of the molecule is O=C(CCC(=O)N1CCN(C(=O)c2ccc(F)c(F)c2)CC1)c1ccc(Cl)cc1.